The van der Waals surface area contributed by atoms with Crippen molar-refractivity contribution in [3.8, 4) is 0 Å². The number of hydrogen-bond acceptors (Lipinski definition) is 4. The van der Waals surface area contributed by atoms with Crippen molar-refractivity contribution >= 4 is 11.3 Å². The maximum Gasteiger partial charge on any atom is 0.0957 e. The van der Waals surface area contributed by atoms with E-state index < -0.39 is 6.10 Å². The summed E-state index contributed by atoms with van der Waals surface area (Å²) in [5, 5.41) is 17.6. The van der Waals surface area contributed by atoms with Gasteiger partial charge in [-0.2, -0.15) is 5.10 Å². The fraction of sp³-hybridized carbons (Fsp3) is 0.600. The highest BCUT2D eigenvalue weighted by Crippen LogP contribution is 2.26. The van der Waals surface area contributed by atoms with Crippen LogP contribution in [0.15, 0.2) is 17.8 Å². The zero-order valence-corrected chi connectivity index (χ0v) is 13.6. The number of rotatable bonds is 4. The Bertz CT molecular complexity index is 566. The summed E-state index contributed by atoms with van der Waals surface area (Å²) in [7, 11) is 0. The molecule has 0 fully saturated rings. The van der Waals surface area contributed by atoms with Gasteiger partial charge in [0.1, 0.15) is 0 Å². The minimum Gasteiger partial charge on any atom is -0.388 e. The predicted octanol–water partition coefficient (Wildman–Crippen LogP) is 3.49. The van der Waals surface area contributed by atoms with Gasteiger partial charge in [0.2, 0.25) is 0 Å². The lowest BCUT2D eigenvalue weighted by Crippen LogP contribution is -2.11. The van der Waals surface area contributed by atoms with Crippen LogP contribution in [-0.2, 0) is 11.8 Å². The Balaban J connectivity index is 2.07. The van der Waals surface area contributed by atoms with Crippen molar-refractivity contribution in [2.45, 2.75) is 58.6 Å². The average Bonchev–Trinajstić information content (AvgIpc) is 2.95. The molecule has 2 aromatic heterocycles. The van der Waals surface area contributed by atoms with Crippen molar-refractivity contribution < 1.29 is 5.11 Å². The van der Waals surface area contributed by atoms with Crippen LogP contribution in [0.4, 0.5) is 0 Å². The molecule has 0 aliphatic carbocycles. The van der Waals surface area contributed by atoms with Crippen LogP contribution in [0.2, 0.25) is 0 Å². The first-order chi connectivity index (χ1) is 9.27. The zero-order valence-electron chi connectivity index (χ0n) is 12.8. The maximum absolute atomic E-state index is 10.3. The summed E-state index contributed by atoms with van der Waals surface area (Å²) < 4.78 is 1.86. The fourth-order valence-corrected chi connectivity index (χ4v) is 2.90. The molecule has 0 spiro atoms. The zero-order chi connectivity index (χ0) is 14.9. The van der Waals surface area contributed by atoms with Gasteiger partial charge in [0.25, 0.3) is 0 Å². The van der Waals surface area contributed by atoms with Crippen molar-refractivity contribution in [2.75, 3.05) is 0 Å². The van der Waals surface area contributed by atoms with Gasteiger partial charge < -0.3 is 5.11 Å². The largest absolute Gasteiger partial charge is 0.388 e. The first kappa shape index (κ1) is 15.2. The Kier molecular flexibility index (Phi) is 4.30. The van der Waals surface area contributed by atoms with Gasteiger partial charge in [-0.25, -0.2) is 4.98 Å². The summed E-state index contributed by atoms with van der Waals surface area (Å²) in [6.45, 7) is 10.6. The summed E-state index contributed by atoms with van der Waals surface area (Å²) in [5.41, 5.74) is 2.00. The highest BCUT2D eigenvalue weighted by Gasteiger charge is 2.19. The molecule has 2 heterocycles. The number of thiazole rings is 1. The monoisotopic (exact) mass is 293 g/mol. The highest BCUT2D eigenvalue weighted by molar-refractivity contribution is 7.09. The minimum atomic E-state index is -0.540. The molecule has 4 nitrogen and oxygen atoms in total. The minimum absolute atomic E-state index is 0.0578. The molecule has 0 saturated heterocycles. The van der Waals surface area contributed by atoms with E-state index in [1.54, 1.807) is 17.5 Å². The molecule has 0 aromatic carbocycles. The van der Waals surface area contributed by atoms with Gasteiger partial charge in [-0.3, -0.25) is 4.68 Å². The SMILES string of the molecule is CC(C)n1cc(C(O)Cc2nc(C(C)(C)C)cs2)cn1. The molecular weight excluding hydrogens is 270 g/mol. The molecule has 110 valence electrons. The molecule has 0 bridgehead atoms. The van der Waals surface area contributed by atoms with Crippen molar-refractivity contribution in [1.29, 1.82) is 0 Å². The molecule has 2 rings (SSSR count). The quantitative estimate of drug-likeness (QED) is 0.938. The summed E-state index contributed by atoms with van der Waals surface area (Å²) in [5.74, 6) is 0. The molecule has 1 N–H and O–H groups in total. The van der Waals surface area contributed by atoms with Gasteiger partial charge in [0, 0.05) is 35.0 Å². The molecule has 20 heavy (non-hydrogen) atoms. The van der Waals surface area contributed by atoms with Crippen LogP contribution in [0.1, 0.15) is 63.0 Å². The fourth-order valence-electron chi connectivity index (χ4n) is 1.84. The second-order valence-corrected chi connectivity index (χ2v) is 7.39. The van der Waals surface area contributed by atoms with Crippen LogP contribution in [-0.4, -0.2) is 19.9 Å². The Morgan fingerprint density at radius 3 is 2.55 bits per heavy atom. The number of hydrogen-bond donors (Lipinski definition) is 1. The van der Waals surface area contributed by atoms with Crippen LogP contribution in [0, 0.1) is 0 Å². The van der Waals surface area contributed by atoms with E-state index in [4.69, 9.17) is 0 Å². The van der Waals surface area contributed by atoms with E-state index in [1.165, 1.54) is 0 Å². The second-order valence-electron chi connectivity index (χ2n) is 6.44. The number of aliphatic hydroxyl groups excluding tert-OH is 1. The molecule has 0 aliphatic heterocycles. The lowest BCUT2D eigenvalue weighted by Gasteiger charge is -2.14. The molecule has 1 atom stereocenters. The summed E-state index contributed by atoms with van der Waals surface area (Å²) in [6, 6.07) is 0.309. The topological polar surface area (TPSA) is 50.9 Å². The number of nitrogens with zero attached hydrogens (tertiary/aromatic N) is 3. The van der Waals surface area contributed by atoms with Crippen molar-refractivity contribution in [2.24, 2.45) is 0 Å². The lowest BCUT2D eigenvalue weighted by molar-refractivity contribution is 0.178. The molecule has 1 unspecified atom stereocenters. The Hall–Kier alpha value is -1.20. The summed E-state index contributed by atoms with van der Waals surface area (Å²) in [6.07, 6.45) is 3.66. The second kappa shape index (κ2) is 5.66. The molecular formula is C15H23N3OS. The molecule has 2 aromatic rings. The van der Waals surface area contributed by atoms with E-state index in [0.29, 0.717) is 12.5 Å². The van der Waals surface area contributed by atoms with Crippen LogP contribution in [0.25, 0.3) is 0 Å². The van der Waals surface area contributed by atoms with Crippen LogP contribution in [0.5, 0.6) is 0 Å². The molecule has 5 heteroatoms. The lowest BCUT2D eigenvalue weighted by atomic mass is 9.93. The normalized spacial score (nSPS) is 13.9. The standard InChI is InChI=1S/C15H23N3OS/c1-10(2)18-8-11(7-16-18)12(19)6-14-17-13(9-20-14)15(3,4)5/h7-10,12,19H,6H2,1-5H3. The number of aliphatic hydroxyl groups is 1. The van der Waals surface area contributed by atoms with E-state index in [9.17, 15) is 5.11 Å². The van der Waals surface area contributed by atoms with Crippen LogP contribution < -0.4 is 0 Å². The maximum atomic E-state index is 10.3. The third kappa shape index (κ3) is 3.46. The highest BCUT2D eigenvalue weighted by atomic mass is 32.1. The molecule has 0 radical (unpaired) electrons. The van der Waals surface area contributed by atoms with Crippen LogP contribution >= 0.6 is 11.3 Å². The Morgan fingerprint density at radius 2 is 2.05 bits per heavy atom. The third-order valence-corrected chi connectivity index (χ3v) is 4.09. The van der Waals surface area contributed by atoms with Gasteiger partial charge in [-0.15, -0.1) is 11.3 Å². The Labute approximate surface area is 124 Å². The van der Waals surface area contributed by atoms with Gasteiger partial charge in [0.15, 0.2) is 0 Å². The summed E-state index contributed by atoms with van der Waals surface area (Å²) >= 11 is 1.61. The van der Waals surface area contributed by atoms with E-state index >= 15 is 0 Å². The van der Waals surface area contributed by atoms with Crippen LogP contribution in [0.3, 0.4) is 0 Å². The van der Waals surface area contributed by atoms with Crippen molar-refractivity contribution in [3.63, 3.8) is 0 Å². The average molecular weight is 293 g/mol. The van der Waals surface area contributed by atoms with Gasteiger partial charge in [-0.1, -0.05) is 20.8 Å². The van der Waals surface area contributed by atoms with Gasteiger partial charge >= 0.3 is 0 Å². The predicted molar refractivity (Wildman–Crippen MR) is 82.1 cm³/mol. The molecule has 0 saturated carbocycles. The van der Waals surface area contributed by atoms with E-state index in [-0.39, 0.29) is 5.41 Å². The summed E-state index contributed by atoms with van der Waals surface area (Å²) in [4.78, 5) is 4.62. The van der Waals surface area contributed by atoms with E-state index in [0.717, 1.165) is 16.3 Å². The molecule has 0 aliphatic rings. The van der Waals surface area contributed by atoms with E-state index in [1.807, 2.05) is 10.9 Å². The molecule has 0 amide bonds. The van der Waals surface area contributed by atoms with Crippen molar-refractivity contribution in [3.05, 3.63) is 34.0 Å². The number of aromatic nitrogens is 3. The van der Waals surface area contributed by atoms with Gasteiger partial charge in [0.05, 0.1) is 23.0 Å². The third-order valence-electron chi connectivity index (χ3n) is 3.22. The van der Waals surface area contributed by atoms with Crippen molar-refractivity contribution in [1.82, 2.24) is 14.8 Å². The smallest absolute Gasteiger partial charge is 0.0957 e. The van der Waals surface area contributed by atoms with E-state index in [2.05, 4.69) is 50.1 Å². The first-order valence-electron chi connectivity index (χ1n) is 6.94. The first-order valence-corrected chi connectivity index (χ1v) is 7.82. The van der Waals surface area contributed by atoms with Gasteiger partial charge in [-0.05, 0) is 13.8 Å². The Morgan fingerprint density at radius 1 is 1.35 bits per heavy atom.